The number of rotatable bonds is 8. The first-order chi connectivity index (χ1) is 8.54. The van der Waals surface area contributed by atoms with Crippen LogP contribution in [-0.2, 0) is 9.53 Å². The summed E-state index contributed by atoms with van der Waals surface area (Å²) in [7, 11) is 1.62. The molecule has 0 saturated heterocycles. The number of carbonyl (C=O) groups excluding carboxylic acids is 1. The molecule has 3 atom stereocenters. The van der Waals surface area contributed by atoms with Crippen molar-refractivity contribution >= 4 is 5.91 Å². The molecular formula is C14H28N2O2. The van der Waals surface area contributed by atoms with E-state index in [2.05, 4.69) is 25.7 Å². The van der Waals surface area contributed by atoms with Gasteiger partial charge in [0.25, 0.3) is 0 Å². The molecule has 2 N–H and O–H groups in total. The van der Waals surface area contributed by atoms with Crippen LogP contribution in [0, 0.1) is 5.92 Å². The van der Waals surface area contributed by atoms with Gasteiger partial charge in [-0.3, -0.25) is 4.79 Å². The number of hydrogen-bond acceptors (Lipinski definition) is 3. The van der Waals surface area contributed by atoms with Gasteiger partial charge in [-0.05, 0) is 25.7 Å². The summed E-state index contributed by atoms with van der Waals surface area (Å²) in [5.74, 6) is 0.732. The first-order valence-corrected chi connectivity index (χ1v) is 7.09. The van der Waals surface area contributed by atoms with Crippen molar-refractivity contribution in [1.29, 1.82) is 0 Å². The molecule has 0 aliphatic heterocycles. The predicted molar refractivity (Wildman–Crippen MR) is 73.3 cm³/mol. The molecule has 4 nitrogen and oxygen atoms in total. The van der Waals surface area contributed by atoms with Gasteiger partial charge >= 0.3 is 0 Å². The first-order valence-electron chi connectivity index (χ1n) is 7.09. The Morgan fingerprint density at radius 3 is 2.44 bits per heavy atom. The van der Waals surface area contributed by atoms with Crippen LogP contribution in [-0.4, -0.2) is 42.6 Å². The summed E-state index contributed by atoms with van der Waals surface area (Å²) in [6, 6.07) is 0.766. The monoisotopic (exact) mass is 256 g/mol. The Kier molecular flexibility index (Phi) is 6.09. The summed E-state index contributed by atoms with van der Waals surface area (Å²) in [5, 5.41) is 0. The lowest BCUT2D eigenvalue weighted by Crippen LogP contribution is -2.45. The lowest BCUT2D eigenvalue weighted by molar-refractivity contribution is -0.137. The maximum absolute atomic E-state index is 12.4. The molecular weight excluding hydrogens is 228 g/mol. The van der Waals surface area contributed by atoms with Crippen LogP contribution in [0.1, 0.15) is 46.5 Å². The fraction of sp³-hybridized carbons (Fsp3) is 0.929. The fourth-order valence-corrected chi connectivity index (χ4v) is 2.29. The SMILES string of the molecule is CCC(C)C(C)N(C(=O)CC(CN)OC)C1CC1. The van der Waals surface area contributed by atoms with E-state index in [1.807, 2.05) is 0 Å². The maximum atomic E-state index is 12.4. The van der Waals surface area contributed by atoms with E-state index in [0.717, 1.165) is 19.3 Å². The minimum Gasteiger partial charge on any atom is -0.380 e. The molecule has 1 aliphatic carbocycles. The molecule has 3 unspecified atom stereocenters. The smallest absolute Gasteiger partial charge is 0.225 e. The van der Waals surface area contributed by atoms with E-state index in [1.165, 1.54) is 0 Å². The zero-order valence-electron chi connectivity index (χ0n) is 12.2. The number of nitrogens with zero attached hydrogens (tertiary/aromatic N) is 1. The minimum absolute atomic E-state index is 0.150. The first kappa shape index (κ1) is 15.4. The third-order valence-corrected chi connectivity index (χ3v) is 4.13. The number of carbonyl (C=O) groups is 1. The quantitative estimate of drug-likeness (QED) is 0.720. The summed E-state index contributed by atoms with van der Waals surface area (Å²) in [5.41, 5.74) is 5.59. The van der Waals surface area contributed by atoms with Gasteiger partial charge in [-0.2, -0.15) is 0 Å². The van der Waals surface area contributed by atoms with Crippen molar-refractivity contribution in [2.75, 3.05) is 13.7 Å². The standard InChI is InChI=1S/C14H28N2O2/c1-5-10(2)11(3)16(12-6-7-12)14(17)8-13(9-15)18-4/h10-13H,5-9,15H2,1-4H3. The molecule has 1 fully saturated rings. The van der Waals surface area contributed by atoms with E-state index in [0.29, 0.717) is 31.0 Å². The van der Waals surface area contributed by atoms with E-state index in [9.17, 15) is 4.79 Å². The third kappa shape index (κ3) is 3.95. The highest BCUT2D eigenvalue weighted by Gasteiger charge is 2.37. The number of methoxy groups -OCH3 is 1. The minimum atomic E-state index is -0.150. The normalized spacial score (nSPS) is 20.3. The Balaban J connectivity index is 2.63. The Morgan fingerprint density at radius 1 is 1.44 bits per heavy atom. The fourth-order valence-electron chi connectivity index (χ4n) is 2.29. The van der Waals surface area contributed by atoms with Gasteiger partial charge in [-0.15, -0.1) is 0 Å². The lowest BCUT2D eigenvalue weighted by atomic mass is 9.98. The molecule has 18 heavy (non-hydrogen) atoms. The van der Waals surface area contributed by atoms with Crippen molar-refractivity contribution in [1.82, 2.24) is 4.90 Å². The van der Waals surface area contributed by atoms with Crippen molar-refractivity contribution in [3.05, 3.63) is 0 Å². The summed E-state index contributed by atoms with van der Waals surface area (Å²) in [6.07, 6.45) is 3.65. The highest BCUT2D eigenvalue weighted by atomic mass is 16.5. The molecule has 0 aromatic heterocycles. The van der Waals surface area contributed by atoms with Crippen LogP contribution in [0.15, 0.2) is 0 Å². The van der Waals surface area contributed by atoms with Crippen LogP contribution in [0.3, 0.4) is 0 Å². The summed E-state index contributed by atoms with van der Waals surface area (Å²) in [6.45, 7) is 6.95. The van der Waals surface area contributed by atoms with Crippen molar-refractivity contribution in [3.63, 3.8) is 0 Å². The molecule has 0 spiro atoms. The lowest BCUT2D eigenvalue weighted by Gasteiger charge is -2.34. The molecule has 0 heterocycles. The topological polar surface area (TPSA) is 55.6 Å². The van der Waals surface area contributed by atoms with E-state index >= 15 is 0 Å². The molecule has 0 aromatic carbocycles. The van der Waals surface area contributed by atoms with Gasteiger partial charge < -0.3 is 15.4 Å². The van der Waals surface area contributed by atoms with Gasteiger partial charge in [-0.1, -0.05) is 20.3 Å². The average molecular weight is 256 g/mol. The van der Waals surface area contributed by atoms with Gasteiger partial charge in [-0.25, -0.2) is 0 Å². The van der Waals surface area contributed by atoms with Gasteiger partial charge in [0.2, 0.25) is 5.91 Å². The number of nitrogens with two attached hydrogens (primary N) is 1. The summed E-state index contributed by atoms with van der Waals surface area (Å²) in [4.78, 5) is 14.5. The van der Waals surface area contributed by atoms with Crippen LogP contribution in [0.4, 0.5) is 0 Å². The molecule has 1 saturated carbocycles. The highest BCUT2D eigenvalue weighted by molar-refractivity contribution is 5.77. The molecule has 4 heteroatoms. The van der Waals surface area contributed by atoms with Crippen molar-refractivity contribution in [2.45, 2.75) is 64.6 Å². The number of hydrogen-bond donors (Lipinski definition) is 1. The zero-order chi connectivity index (χ0) is 13.7. The van der Waals surface area contributed by atoms with E-state index in [4.69, 9.17) is 10.5 Å². The Morgan fingerprint density at radius 2 is 2.06 bits per heavy atom. The van der Waals surface area contributed by atoms with Crippen molar-refractivity contribution in [2.24, 2.45) is 11.7 Å². The second-order valence-electron chi connectivity index (χ2n) is 5.46. The second-order valence-corrected chi connectivity index (χ2v) is 5.46. The maximum Gasteiger partial charge on any atom is 0.225 e. The molecule has 1 aliphatic rings. The van der Waals surface area contributed by atoms with Gasteiger partial charge in [0.15, 0.2) is 0 Å². The third-order valence-electron chi connectivity index (χ3n) is 4.13. The van der Waals surface area contributed by atoms with E-state index < -0.39 is 0 Å². The van der Waals surface area contributed by atoms with Crippen LogP contribution < -0.4 is 5.73 Å². The Bertz CT molecular complexity index is 263. The molecule has 1 rings (SSSR count). The summed E-state index contributed by atoms with van der Waals surface area (Å²) >= 11 is 0. The van der Waals surface area contributed by atoms with E-state index in [1.54, 1.807) is 7.11 Å². The Hall–Kier alpha value is -0.610. The van der Waals surface area contributed by atoms with Gasteiger partial charge in [0.1, 0.15) is 0 Å². The van der Waals surface area contributed by atoms with Crippen LogP contribution in [0.25, 0.3) is 0 Å². The van der Waals surface area contributed by atoms with Gasteiger partial charge in [0, 0.05) is 25.7 Å². The predicted octanol–water partition coefficient (Wildman–Crippen LogP) is 1.78. The van der Waals surface area contributed by atoms with E-state index in [-0.39, 0.29) is 12.0 Å². The molecule has 0 radical (unpaired) electrons. The molecule has 1 amide bonds. The summed E-state index contributed by atoms with van der Waals surface area (Å²) < 4.78 is 5.21. The number of amides is 1. The van der Waals surface area contributed by atoms with Gasteiger partial charge in [0.05, 0.1) is 12.5 Å². The van der Waals surface area contributed by atoms with Crippen LogP contribution >= 0.6 is 0 Å². The number of ether oxygens (including phenoxy) is 1. The molecule has 0 bridgehead atoms. The highest BCUT2D eigenvalue weighted by Crippen LogP contribution is 2.32. The van der Waals surface area contributed by atoms with Crippen LogP contribution in [0.5, 0.6) is 0 Å². The Labute approximate surface area is 111 Å². The average Bonchev–Trinajstić information content (AvgIpc) is 3.19. The van der Waals surface area contributed by atoms with Crippen LogP contribution in [0.2, 0.25) is 0 Å². The molecule has 0 aromatic rings. The van der Waals surface area contributed by atoms with Crippen molar-refractivity contribution < 1.29 is 9.53 Å². The molecule has 106 valence electrons. The van der Waals surface area contributed by atoms with Crippen molar-refractivity contribution in [3.8, 4) is 0 Å². The second kappa shape index (κ2) is 7.10. The largest absolute Gasteiger partial charge is 0.380 e. The zero-order valence-corrected chi connectivity index (χ0v) is 12.2.